The molecule has 0 atom stereocenters. The van der Waals surface area contributed by atoms with Gasteiger partial charge in [-0.05, 0) is 66.1 Å². The van der Waals surface area contributed by atoms with E-state index in [9.17, 15) is 0 Å². The fraction of sp³-hybridized carbons (Fsp3) is 0.500. The number of aryl methyl sites for hydroxylation is 1. The second-order valence-corrected chi connectivity index (χ2v) is 4.82. The van der Waals surface area contributed by atoms with Gasteiger partial charge in [0.25, 0.3) is 0 Å². The van der Waals surface area contributed by atoms with Crippen molar-refractivity contribution in [2.45, 2.75) is 32.1 Å². The zero-order chi connectivity index (χ0) is 10.2. The Morgan fingerprint density at radius 2 is 1.57 bits per heavy atom. The van der Waals surface area contributed by atoms with Crippen LogP contribution in [0.1, 0.15) is 31.2 Å². The monoisotopic (exact) mass is 303 g/mol. The van der Waals surface area contributed by atoms with Crippen molar-refractivity contribution >= 4 is 22.6 Å². The number of hydrogen-bond acceptors (Lipinski definition) is 1. The summed E-state index contributed by atoms with van der Waals surface area (Å²) in [5, 5.41) is 0. The first-order valence-electron chi connectivity index (χ1n) is 5.27. The maximum atomic E-state index is 5.44. The highest BCUT2D eigenvalue weighted by Crippen LogP contribution is 2.10. The third-order valence-electron chi connectivity index (χ3n) is 2.33. The van der Waals surface area contributed by atoms with Crippen molar-refractivity contribution in [3.8, 4) is 0 Å². The third-order valence-corrected chi connectivity index (χ3v) is 3.05. The lowest BCUT2D eigenvalue weighted by atomic mass is 10.1. The molecule has 2 heteroatoms. The molecule has 0 heterocycles. The van der Waals surface area contributed by atoms with Crippen LogP contribution in [0.25, 0.3) is 0 Å². The van der Waals surface area contributed by atoms with E-state index in [0.29, 0.717) is 0 Å². The van der Waals surface area contributed by atoms with Gasteiger partial charge in [0.2, 0.25) is 0 Å². The molecule has 0 aliphatic rings. The predicted octanol–water partition coefficient (Wildman–Crippen LogP) is 3.35. The molecule has 78 valence electrons. The van der Waals surface area contributed by atoms with Crippen molar-refractivity contribution in [1.82, 2.24) is 0 Å². The molecule has 0 aliphatic carbocycles. The molecular weight excluding hydrogens is 285 g/mol. The van der Waals surface area contributed by atoms with Crippen LogP contribution in [0.4, 0.5) is 0 Å². The van der Waals surface area contributed by atoms with Crippen LogP contribution in [0.15, 0.2) is 24.3 Å². The Morgan fingerprint density at radius 3 is 2.21 bits per heavy atom. The summed E-state index contributed by atoms with van der Waals surface area (Å²) in [7, 11) is 0. The van der Waals surface area contributed by atoms with Gasteiger partial charge in [-0.2, -0.15) is 0 Å². The van der Waals surface area contributed by atoms with Gasteiger partial charge >= 0.3 is 0 Å². The molecule has 0 amide bonds. The zero-order valence-corrected chi connectivity index (χ0v) is 10.7. The number of benzene rings is 1. The van der Waals surface area contributed by atoms with Gasteiger partial charge in [0, 0.05) is 3.57 Å². The highest BCUT2D eigenvalue weighted by atomic mass is 127. The SMILES string of the molecule is NCCCCCCc1ccc(I)cc1. The first-order valence-corrected chi connectivity index (χ1v) is 6.35. The Kier molecular flexibility index (Phi) is 6.19. The molecule has 1 nitrogen and oxygen atoms in total. The van der Waals surface area contributed by atoms with E-state index < -0.39 is 0 Å². The first-order chi connectivity index (χ1) is 6.83. The van der Waals surface area contributed by atoms with Gasteiger partial charge in [0.15, 0.2) is 0 Å². The van der Waals surface area contributed by atoms with Gasteiger partial charge in [-0.25, -0.2) is 0 Å². The predicted molar refractivity (Wildman–Crippen MR) is 70.4 cm³/mol. The van der Waals surface area contributed by atoms with Crippen LogP contribution in [0, 0.1) is 3.57 Å². The molecule has 0 fully saturated rings. The van der Waals surface area contributed by atoms with Crippen molar-refractivity contribution in [3.63, 3.8) is 0 Å². The Labute approximate surface area is 100 Å². The van der Waals surface area contributed by atoms with E-state index in [1.807, 2.05) is 0 Å². The molecule has 1 aromatic carbocycles. The van der Waals surface area contributed by atoms with Crippen molar-refractivity contribution < 1.29 is 0 Å². The fourth-order valence-electron chi connectivity index (χ4n) is 1.48. The maximum absolute atomic E-state index is 5.44. The van der Waals surface area contributed by atoms with Crippen molar-refractivity contribution in [2.75, 3.05) is 6.54 Å². The molecule has 0 saturated carbocycles. The van der Waals surface area contributed by atoms with Gasteiger partial charge in [0.1, 0.15) is 0 Å². The van der Waals surface area contributed by atoms with Gasteiger partial charge in [-0.15, -0.1) is 0 Å². The summed E-state index contributed by atoms with van der Waals surface area (Å²) in [5.74, 6) is 0. The van der Waals surface area contributed by atoms with E-state index in [0.717, 1.165) is 6.54 Å². The summed E-state index contributed by atoms with van der Waals surface area (Å²) in [6, 6.07) is 8.81. The van der Waals surface area contributed by atoms with E-state index in [-0.39, 0.29) is 0 Å². The first kappa shape index (κ1) is 12.0. The molecule has 1 aromatic rings. The maximum Gasteiger partial charge on any atom is 0.0130 e. The molecule has 0 aromatic heterocycles. The summed E-state index contributed by atoms with van der Waals surface area (Å²) >= 11 is 2.34. The van der Waals surface area contributed by atoms with E-state index >= 15 is 0 Å². The van der Waals surface area contributed by atoms with Crippen LogP contribution in [0.3, 0.4) is 0 Å². The molecule has 0 unspecified atom stereocenters. The summed E-state index contributed by atoms with van der Waals surface area (Å²) in [5.41, 5.74) is 6.89. The summed E-state index contributed by atoms with van der Waals surface area (Å²) in [6.45, 7) is 0.837. The highest BCUT2D eigenvalue weighted by Gasteiger charge is 1.93. The quantitative estimate of drug-likeness (QED) is 0.633. The largest absolute Gasteiger partial charge is 0.330 e. The Balaban J connectivity index is 2.15. The standard InChI is InChI=1S/C12H18IN/c13-12-8-6-11(7-9-12)5-3-1-2-4-10-14/h6-9H,1-5,10,14H2. The molecule has 0 aliphatic heterocycles. The molecule has 1 rings (SSSR count). The average molecular weight is 303 g/mol. The molecule has 0 radical (unpaired) electrons. The number of nitrogens with two attached hydrogens (primary N) is 1. The van der Waals surface area contributed by atoms with Crippen molar-refractivity contribution in [1.29, 1.82) is 0 Å². The Bertz CT molecular complexity index is 243. The highest BCUT2D eigenvalue weighted by molar-refractivity contribution is 14.1. The molecule has 2 N–H and O–H groups in total. The lowest BCUT2D eigenvalue weighted by Crippen LogP contribution is -1.97. The van der Waals surface area contributed by atoms with Crippen LogP contribution in [-0.2, 0) is 6.42 Å². The third kappa shape index (κ3) is 4.96. The second kappa shape index (κ2) is 7.23. The van der Waals surface area contributed by atoms with Crippen molar-refractivity contribution in [3.05, 3.63) is 33.4 Å². The second-order valence-electron chi connectivity index (χ2n) is 3.58. The Morgan fingerprint density at radius 1 is 0.929 bits per heavy atom. The molecular formula is C12H18IN. The zero-order valence-electron chi connectivity index (χ0n) is 8.51. The molecule has 0 bridgehead atoms. The van der Waals surface area contributed by atoms with Crippen LogP contribution in [-0.4, -0.2) is 6.54 Å². The number of rotatable bonds is 6. The molecule has 0 spiro atoms. The number of halogens is 1. The number of unbranched alkanes of at least 4 members (excludes halogenated alkanes) is 3. The van der Waals surface area contributed by atoms with Crippen molar-refractivity contribution in [2.24, 2.45) is 5.73 Å². The average Bonchev–Trinajstić information content (AvgIpc) is 2.21. The van der Waals surface area contributed by atoms with Gasteiger partial charge < -0.3 is 5.73 Å². The topological polar surface area (TPSA) is 26.0 Å². The minimum atomic E-state index is 0.837. The summed E-state index contributed by atoms with van der Waals surface area (Å²) in [4.78, 5) is 0. The molecule has 0 saturated heterocycles. The molecule has 14 heavy (non-hydrogen) atoms. The van der Waals surface area contributed by atoms with Gasteiger partial charge in [0.05, 0.1) is 0 Å². The minimum Gasteiger partial charge on any atom is -0.330 e. The minimum absolute atomic E-state index is 0.837. The van der Waals surface area contributed by atoms with Crippen LogP contribution < -0.4 is 5.73 Å². The van der Waals surface area contributed by atoms with E-state index in [1.54, 1.807) is 0 Å². The van der Waals surface area contributed by atoms with E-state index in [1.165, 1.54) is 41.2 Å². The van der Waals surface area contributed by atoms with Gasteiger partial charge in [-0.1, -0.05) is 25.0 Å². The van der Waals surface area contributed by atoms with E-state index in [2.05, 4.69) is 46.9 Å². The van der Waals surface area contributed by atoms with Gasteiger partial charge in [-0.3, -0.25) is 0 Å². The van der Waals surface area contributed by atoms with Crippen LogP contribution in [0.5, 0.6) is 0 Å². The summed E-state index contributed by atoms with van der Waals surface area (Å²) in [6.07, 6.45) is 6.26. The fourth-order valence-corrected chi connectivity index (χ4v) is 1.84. The lowest BCUT2D eigenvalue weighted by molar-refractivity contribution is 0.646. The van der Waals surface area contributed by atoms with Crippen LogP contribution >= 0.6 is 22.6 Å². The van der Waals surface area contributed by atoms with Crippen LogP contribution in [0.2, 0.25) is 0 Å². The number of hydrogen-bond donors (Lipinski definition) is 1. The normalized spacial score (nSPS) is 10.4. The Hall–Kier alpha value is -0.0900. The van der Waals surface area contributed by atoms with E-state index in [4.69, 9.17) is 5.73 Å². The lowest BCUT2D eigenvalue weighted by Gasteiger charge is -2.01. The summed E-state index contributed by atoms with van der Waals surface area (Å²) < 4.78 is 1.31. The smallest absolute Gasteiger partial charge is 0.0130 e.